The van der Waals surface area contributed by atoms with Crippen LogP contribution in [0.5, 0.6) is 0 Å². The zero-order valence-corrected chi connectivity index (χ0v) is 21.4. The molecule has 1 aromatic carbocycles. The molecule has 0 amide bonds. The Morgan fingerprint density at radius 2 is 1.81 bits per heavy atom. The van der Waals surface area contributed by atoms with Gasteiger partial charge >= 0.3 is 0 Å². The molecule has 3 rings (SSSR count). The molecule has 2 fully saturated rings. The van der Waals surface area contributed by atoms with Gasteiger partial charge in [0.25, 0.3) is 0 Å². The molecule has 3 heteroatoms. The third-order valence-corrected chi connectivity index (χ3v) is 7.49. The van der Waals surface area contributed by atoms with Crippen LogP contribution in [-0.4, -0.2) is 43.2 Å². The van der Waals surface area contributed by atoms with E-state index in [9.17, 15) is 0 Å². The van der Waals surface area contributed by atoms with Crippen molar-refractivity contribution >= 4 is 5.69 Å². The fourth-order valence-corrected chi connectivity index (χ4v) is 5.69. The molecule has 2 N–H and O–H groups in total. The van der Waals surface area contributed by atoms with Crippen molar-refractivity contribution < 1.29 is 0 Å². The first-order valence-electron chi connectivity index (χ1n) is 13.4. The van der Waals surface area contributed by atoms with E-state index in [0.717, 1.165) is 32.0 Å². The predicted molar refractivity (Wildman–Crippen MR) is 140 cm³/mol. The zero-order valence-electron chi connectivity index (χ0n) is 21.4. The maximum atomic E-state index is 6.42. The van der Waals surface area contributed by atoms with Crippen LogP contribution in [0.1, 0.15) is 84.6 Å². The molecular formula is C29H49N3. The van der Waals surface area contributed by atoms with Crippen LogP contribution in [0.15, 0.2) is 35.9 Å². The first-order valence-corrected chi connectivity index (χ1v) is 13.4. The van der Waals surface area contributed by atoms with Crippen molar-refractivity contribution in [2.24, 2.45) is 17.6 Å². The van der Waals surface area contributed by atoms with Gasteiger partial charge in [0.2, 0.25) is 0 Å². The largest absolute Gasteiger partial charge is 0.363 e. The highest BCUT2D eigenvalue weighted by atomic mass is 15.3. The van der Waals surface area contributed by atoms with E-state index >= 15 is 0 Å². The van der Waals surface area contributed by atoms with Gasteiger partial charge in [-0.3, -0.25) is 4.90 Å². The summed E-state index contributed by atoms with van der Waals surface area (Å²) in [5.74, 6) is 1.64. The molecule has 0 aromatic heterocycles. The Morgan fingerprint density at radius 3 is 2.47 bits per heavy atom. The molecule has 1 heterocycles. The van der Waals surface area contributed by atoms with Gasteiger partial charge in [0.1, 0.15) is 0 Å². The molecule has 0 spiro atoms. The Morgan fingerprint density at radius 1 is 1.09 bits per heavy atom. The van der Waals surface area contributed by atoms with Gasteiger partial charge in [-0.05, 0) is 69.1 Å². The summed E-state index contributed by atoms with van der Waals surface area (Å²) in [5.41, 5.74) is 10.7. The molecule has 1 aromatic rings. The van der Waals surface area contributed by atoms with Crippen LogP contribution in [0.4, 0.5) is 5.69 Å². The summed E-state index contributed by atoms with van der Waals surface area (Å²) in [7, 11) is 0. The van der Waals surface area contributed by atoms with E-state index in [1.807, 2.05) is 0 Å². The monoisotopic (exact) mass is 439 g/mol. The van der Waals surface area contributed by atoms with E-state index < -0.39 is 0 Å². The minimum Gasteiger partial charge on any atom is -0.363 e. The molecule has 2 atom stereocenters. The SMILES string of the molecule is CC(C)=CCN(c1ccc(CCC2CCCCC2)cc1)[C@H]1CCN(CC(N)CC(C)C)C1. The normalized spacial score (nSPS) is 21.1. The molecule has 1 saturated heterocycles. The molecule has 3 nitrogen and oxygen atoms in total. The van der Waals surface area contributed by atoms with Crippen LogP contribution in [0, 0.1) is 11.8 Å². The topological polar surface area (TPSA) is 32.5 Å². The summed E-state index contributed by atoms with van der Waals surface area (Å²) < 4.78 is 0. The molecule has 2 aliphatic rings. The minimum atomic E-state index is 0.295. The van der Waals surface area contributed by atoms with Crippen molar-refractivity contribution in [3.05, 3.63) is 41.5 Å². The van der Waals surface area contributed by atoms with Crippen molar-refractivity contribution in [3.63, 3.8) is 0 Å². The van der Waals surface area contributed by atoms with Crippen molar-refractivity contribution in [1.29, 1.82) is 0 Å². The number of benzene rings is 1. The number of hydrogen-bond donors (Lipinski definition) is 1. The van der Waals surface area contributed by atoms with E-state index in [0.29, 0.717) is 18.0 Å². The summed E-state index contributed by atoms with van der Waals surface area (Å²) in [5, 5.41) is 0. The van der Waals surface area contributed by atoms with E-state index in [-0.39, 0.29) is 0 Å². The fourth-order valence-electron chi connectivity index (χ4n) is 5.69. The average molecular weight is 440 g/mol. The summed E-state index contributed by atoms with van der Waals surface area (Å²) in [6.07, 6.45) is 14.6. The Hall–Kier alpha value is -1.32. The van der Waals surface area contributed by atoms with Crippen molar-refractivity contribution in [2.75, 3.05) is 31.1 Å². The van der Waals surface area contributed by atoms with Crippen LogP contribution in [0.25, 0.3) is 0 Å². The maximum Gasteiger partial charge on any atom is 0.0432 e. The molecule has 32 heavy (non-hydrogen) atoms. The maximum absolute atomic E-state index is 6.42. The smallest absolute Gasteiger partial charge is 0.0432 e. The Kier molecular flexibility index (Phi) is 10.1. The Balaban J connectivity index is 1.59. The zero-order chi connectivity index (χ0) is 22.9. The number of anilines is 1. The van der Waals surface area contributed by atoms with Gasteiger partial charge in [-0.25, -0.2) is 0 Å². The van der Waals surface area contributed by atoms with Gasteiger partial charge in [0.15, 0.2) is 0 Å². The van der Waals surface area contributed by atoms with E-state index in [1.54, 1.807) is 0 Å². The summed E-state index contributed by atoms with van der Waals surface area (Å²) >= 11 is 0. The summed E-state index contributed by atoms with van der Waals surface area (Å²) in [6.45, 7) is 13.3. The average Bonchev–Trinajstić information content (AvgIpc) is 3.21. The molecule has 1 unspecified atom stereocenters. The molecule has 1 aliphatic heterocycles. The lowest BCUT2D eigenvalue weighted by Crippen LogP contribution is -2.41. The molecule has 0 bridgehead atoms. The van der Waals surface area contributed by atoms with Gasteiger partial charge in [-0.2, -0.15) is 0 Å². The Labute approximate surface area is 198 Å². The van der Waals surface area contributed by atoms with Crippen LogP contribution in [-0.2, 0) is 6.42 Å². The Bertz CT molecular complexity index is 683. The van der Waals surface area contributed by atoms with Crippen molar-refractivity contribution in [2.45, 2.75) is 97.6 Å². The third-order valence-electron chi connectivity index (χ3n) is 7.49. The molecule has 0 radical (unpaired) electrons. The highest BCUT2D eigenvalue weighted by Gasteiger charge is 2.28. The fraction of sp³-hybridized carbons (Fsp3) is 0.724. The standard InChI is InChI=1S/C29H49N3/c1-23(2)16-19-32(29-17-18-31(22-29)21-27(30)20-24(3)4)28-14-12-26(13-15-28)11-10-25-8-6-5-7-9-25/h12-16,24-25,27,29H,5-11,17-22,30H2,1-4H3/t27?,29-/m0/s1. The van der Waals surface area contributed by atoms with Crippen LogP contribution >= 0.6 is 0 Å². The number of likely N-dealkylation sites (tertiary alicyclic amines) is 1. The molecule has 180 valence electrons. The van der Waals surface area contributed by atoms with Gasteiger partial charge in [0, 0.05) is 44.0 Å². The number of nitrogens with two attached hydrogens (primary N) is 1. The second-order valence-electron chi connectivity index (χ2n) is 11.2. The van der Waals surface area contributed by atoms with Crippen LogP contribution in [0.3, 0.4) is 0 Å². The number of nitrogens with zero attached hydrogens (tertiary/aromatic N) is 2. The van der Waals surface area contributed by atoms with Crippen molar-refractivity contribution in [1.82, 2.24) is 4.90 Å². The van der Waals surface area contributed by atoms with Gasteiger partial charge < -0.3 is 10.6 Å². The number of allylic oxidation sites excluding steroid dienone is 1. The molecular weight excluding hydrogens is 390 g/mol. The third kappa shape index (κ3) is 8.23. The lowest BCUT2D eigenvalue weighted by Gasteiger charge is -2.31. The highest BCUT2D eigenvalue weighted by Crippen LogP contribution is 2.29. The molecule has 1 saturated carbocycles. The minimum absolute atomic E-state index is 0.295. The first kappa shape index (κ1) is 25.3. The predicted octanol–water partition coefficient (Wildman–Crippen LogP) is 6.42. The van der Waals surface area contributed by atoms with Crippen molar-refractivity contribution in [3.8, 4) is 0 Å². The van der Waals surface area contributed by atoms with Gasteiger partial charge in [0.05, 0.1) is 0 Å². The van der Waals surface area contributed by atoms with Gasteiger partial charge in [-0.1, -0.05) is 69.7 Å². The quantitative estimate of drug-likeness (QED) is 0.404. The molecule has 1 aliphatic carbocycles. The van der Waals surface area contributed by atoms with Gasteiger partial charge in [-0.15, -0.1) is 0 Å². The summed E-state index contributed by atoms with van der Waals surface area (Å²) in [4.78, 5) is 5.22. The number of hydrogen-bond acceptors (Lipinski definition) is 3. The van der Waals surface area contributed by atoms with E-state index in [4.69, 9.17) is 5.73 Å². The second kappa shape index (κ2) is 12.8. The lowest BCUT2D eigenvalue weighted by atomic mass is 9.85. The summed E-state index contributed by atoms with van der Waals surface area (Å²) in [6, 6.07) is 10.4. The van der Waals surface area contributed by atoms with E-state index in [1.165, 1.54) is 74.7 Å². The highest BCUT2D eigenvalue weighted by molar-refractivity contribution is 5.50. The first-order chi connectivity index (χ1) is 15.4. The van der Waals surface area contributed by atoms with Crippen LogP contribution in [0.2, 0.25) is 0 Å². The van der Waals surface area contributed by atoms with Crippen LogP contribution < -0.4 is 10.6 Å². The van der Waals surface area contributed by atoms with E-state index in [2.05, 4.69) is 67.8 Å². The lowest BCUT2D eigenvalue weighted by molar-refractivity contribution is 0.292. The number of aryl methyl sites for hydroxylation is 1. The second-order valence-corrected chi connectivity index (χ2v) is 11.2. The number of rotatable bonds is 11.